The van der Waals surface area contributed by atoms with Gasteiger partial charge in [-0.3, -0.25) is 9.59 Å². The maximum Gasteiger partial charge on any atom is 0.343 e. The molecule has 0 aliphatic rings. The first-order valence-electron chi connectivity index (χ1n) is 8.86. The van der Waals surface area contributed by atoms with Crippen LogP contribution >= 0.6 is 11.6 Å². The van der Waals surface area contributed by atoms with E-state index in [9.17, 15) is 14.4 Å². The minimum Gasteiger partial charge on any atom is -0.493 e. The lowest BCUT2D eigenvalue weighted by atomic mass is 10.1. The highest BCUT2D eigenvalue weighted by molar-refractivity contribution is 6.30. The number of ether oxygens (including phenoxy) is 4. The van der Waals surface area contributed by atoms with Gasteiger partial charge in [0, 0.05) is 17.1 Å². The standard InChI is InChI=1S/C21H22ClNO7/c1-27-17-9-6-15(10-18(17)30-13-20(25)29-3)21(26)23(12-19(24)28-2)11-14-4-7-16(22)8-5-14/h4-10H,11-13H2,1-3H3. The number of halogens is 1. The topological polar surface area (TPSA) is 91.4 Å². The van der Waals surface area contributed by atoms with E-state index in [4.69, 9.17) is 25.8 Å². The number of carbonyl (C=O) groups excluding carboxylic acids is 3. The Kier molecular flexibility index (Phi) is 8.49. The second-order valence-corrected chi connectivity index (χ2v) is 6.53. The van der Waals surface area contributed by atoms with Crippen LogP contribution in [0.3, 0.4) is 0 Å². The molecule has 0 heterocycles. The van der Waals surface area contributed by atoms with E-state index in [1.807, 2.05) is 0 Å². The van der Waals surface area contributed by atoms with Gasteiger partial charge in [0.25, 0.3) is 5.91 Å². The normalized spacial score (nSPS) is 10.1. The van der Waals surface area contributed by atoms with Gasteiger partial charge >= 0.3 is 11.9 Å². The highest BCUT2D eigenvalue weighted by Crippen LogP contribution is 2.29. The Bertz CT molecular complexity index is 899. The van der Waals surface area contributed by atoms with E-state index in [0.717, 1.165) is 5.56 Å². The van der Waals surface area contributed by atoms with Crippen molar-refractivity contribution < 1.29 is 33.3 Å². The molecule has 0 aliphatic carbocycles. The van der Waals surface area contributed by atoms with Crippen molar-refractivity contribution in [2.75, 3.05) is 34.5 Å². The number of methoxy groups -OCH3 is 3. The molecule has 2 rings (SSSR count). The summed E-state index contributed by atoms with van der Waals surface area (Å²) in [6.07, 6.45) is 0. The van der Waals surface area contributed by atoms with Gasteiger partial charge in [0.15, 0.2) is 18.1 Å². The van der Waals surface area contributed by atoms with Crippen molar-refractivity contribution in [3.63, 3.8) is 0 Å². The zero-order valence-electron chi connectivity index (χ0n) is 16.8. The van der Waals surface area contributed by atoms with E-state index in [-0.39, 0.29) is 31.0 Å². The third-order valence-electron chi connectivity index (χ3n) is 4.11. The lowest BCUT2D eigenvalue weighted by Crippen LogP contribution is -2.35. The molecule has 0 aromatic heterocycles. The van der Waals surface area contributed by atoms with Gasteiger partial charge in [-0.1, -0.05) is 23.7 Å². The zero-order valence-corrected chi connectivity index (χ0v) is 17.6. The summed E-state index contributed by atoms with van der Waals surface area (Å²) in [4.78, 5) is 37.7. The van der Waals surface area contributed by atoms with Crippen molar-refractivity contribution in [1.29, 1.82) is 0 Å². The van der Waals surface area contributed by atoms with Crippen LogP contribution in [-0.2, 0) is 25.6 Å². The minimum absolute atomic E-state index is 0.162. The second kappa shape index (κ2) is 11.1. The van der Waals surface area contributed by atoms with Crippen molar-refractivity contribution in [2.24, 2.45) is 0 Å². The summed E-state index contributed by atoms with van der Waals surface area (Å²) >= 11 is 5.91. The predicted molar refractivity (Wildman–Crippen MR) is 109 cm³/mol. The Hall–Kier alpha value is -3.26. The van der Waals surface area contributed by atoms with E-state index in [2.05, 4.69) is 4.74 Å². The quantitative estimate of drug-likeness (QED) is 0.559. The molecule has 1 amide bonds. The van der Waals surface area contributed by atoms with Gasteiger partial charge < -0.3 is 23.8 Å². The molecule has 2 aromatic rings. The molecular weight excluding hydrogens is 414 g/mol. The summed E-state index contributed by atoms with van der Waals surface area (Å²) in [6, 6.07) is 11.4. The molecule has 160 valence electrons. The molecule has 8 nitrogen and oxygen atoms in total. The summed E-state index contributed by atoms with van der Waals surface area (Å²) in [5.74, 6) is -1.04. The summed E-state index contributed by atoms with van der Waals surface area (Å²) in [6.45, 7) is -0.432. The van der Waals surface area contributed by atoms with Crippen LogP contribution in [-0.4, -0.2) is 57.2 Å². The minimum atomic E-state index is -0.580. The molecule has 0 aliphatic heterocycles. The fraction of sp³-hybridized carbons (Fsp3) is 0.286. The van der Waals surface area contributed by atoms with Gasteiger partial charge in [0.2, 0.25) is 0 Å². The molecule has 2 aromatic carbocycles. The van der Waals surface area contributed by atoms with Crippen molar-refractivity contribution >= 4 is 29.4 Å². The van der Waals surface area contributed by atoms with E-state index in [1.165, 1.54) is 38.4 Å². The Morgan fingerprint density at radius 3 is 2.17 bits per heavy atom. The average Bonchev–Trinajstić information content (AvgIpc) is 2.77. The Balaban J connectivity index is 2.29. The smallest absolute Gasteiger partial charge is 0.343 e. The van der Waals surface area contributed by atoms with E-state index >= 15 is 0 Å². The van der Waals surface area contributed by atoms with E-state index < -0.39 is 17.8 Å². The van der Waals surface area contributed by atoms with Gasteiger partial charge in [-0.05, 0) is 35.9 Å². The van der Waals surface area contributed by atoms with Gasteiger partial charge in [0.1, 0.15) is 6.54 Å². The molecule has 0 atom stereocenters. The third-order valence-corrected chi connectivity index (χ3v) is 4.36. The van der Waals surface area contributed by atoms with Crippen LogP contribution in [0.15, 0.2) is 42.5 Å². The number of amides is 1. The Labute approximate surface area is 179 Å². The summed E-state index contributed by atoms with van der Waals surface area (Å²) in [5.41, 5.74) is 1.03. The first-order valence-corrected chi connectivity index (χ1v) is 9.24. The SMILES string of the molecule is COC(=O)COc1cc(C(=O)N(CC(=O)OC)Cc2ccc(Cl)cc2)ccc1OC. The summed E-state index contributed by atoms with van der Waals surface area (Å²) < 4.78 is 19.9. The number of carbonyl (C=O) groups is 3. The van der Waals surface area contributed by atoms with Crippen molar-refractivity contribution in [1.82, 2.24) is 4.90 Å². The highest BCUT2D eigenvalue weighted by atomic mass is 35.5. The summed E-state index contributed by atoms with van der Waals surface area (Å²) in [7, 11) is 3.93. The lowest BCUT2D eigenvalue weighted by Gasteiger charge is -2.22. The molecule has 0 spiro atoms. The van der Waals surface area contributed by atoms with Crippen molar-refractivity contribution in [3.05, 3.63) is 58.6 Å². The predicted octanol–water partition coefficient (Wildman–Crippen LogP) is 2.72. The molecule has 9 heteroatoms. The number of rotatable bonds is 9. The number of benzene rings is 2. The van der Waals surface area contributed by atoms with Gasteiger partial charge in [-0.15, -0.1) is 0 Å². The average molecular weight is 436 g/mol. The van der Waals surface area contributed by atoms with Crippen LogP contribution in [0, 0.1) is 0 Å². The molecule has 0 radical (unpaired) electrons. The molecular formula is C21H22ClNO7. The number of hydrogen-bond donors (Lipinski definition) is 0. The molecule has 0 N–H and O–H groups in total. The fourth-order valence-corrected chi connectivity index (χ4v) is 2.66. The fourth-order valence-electron chi connectivity index (χ4n) is 2.53. The first-order chi connectivity index (χ1) is 14.4. The van der Waals surface area contributed by atoms with Gasteiger partial charge in [0.05, 0.1) is 21.3 Å². The van der Waals surface area contributed by atoms with E-state index in [1.54, 1.807) is 30.3 Å². The summed E-state index contributed by atoms with van der Waals surface area (Å²) in [5, 5.41) is 0.562. The van der Waals surface area contributed by atoms with Gasteiger partial charge in [-0.25, -0.2) is 4.79 Å². The second-order valence-electron chi connectivity index (χ2n) is 6.09. The number of nitrogens with zero attached hydrogens (tertiary/aromatic N) is 1. The third kappa shape index (κ3) is 6.38. The van der Waals surface area contributed by atoms with Crippen LogP contribution in [0.25, 0.3) is 0 Å². The maximum absolute atomic E-state index is 13.1. The van der Waals surface area contributed by atoms with Crippen LogP contribution in [0.2, 0.25) is 5.02 Å². The molecule has 0 bridgehead atoms. The van der Waals surface area contributed by atoms with Crippen LogP contribution < -0.4 is 9.47 Å². The zero-order chi connectivity index (χ0) is 22.1. The monoisotopic (exact) mass is 435 g/mol. The van der Waals surface area contributed by atoms with Crippen LogP contribution in [0.5, 0.6) is 11.5 Å². The molecule has 0 unspecified atom stereocenters. The first kappa shape index (κ1) is 23.0. The Morgan fingerprint density at radius 2 is 1.57 bits per heavy atom. The van der Waals surface area contributed by atoms with E-state index in [0.29, 0.717) is 10.8 Å². The van der Waals surface area contributed by atoms with Crippen molar-refractivity contribution in [3.8, 4) is 11.5 Å². The van der Waals surface area contributed by atoms with Gasteiger partial charge in [-0.2, -0.15) is 0 Å². The number of esters is 2. The molecule has 30 heavy (non-hydrogen) atoms. The number of hydrogen-bond acceptors (Lipinski definition) is 7. The molecule has 0 saturated carbocycles. The van der Waals surface area contributed by atoms with Crippen LogP contribution in [0.4, 0.5) is 0 Å². The lowest BCUT2D eigenvalue weighted by molar-refractivity contribution is -0.143. The molecule has 0 saturated heterocycles. The Morgan fingerprint density at radius 1 is 0.900 bits per heavy atom. The highest BCUT2D eigenvalue weighted by Gasteiger charge is 2.21. The van der Waals surface area contributed by atoms with Crippen LogP contribution in [0.1, 0.15) is 15.9 Å². The maximum atomic E-state index is 13.1. The largest absolute Gasteiger partial charge is 0.493 e. The molecule has 0 fully saturated rings. The van der Waals surface area contributed by atoms with Crippen molar-refractivity contribution in [2.45, 2.75) is 6.54 Å².